The molecule has 1 aromatic carbocycles. The summed E-state index contributed by atoms with van der Waals surface area (Å²) in [5.41, 5.74) is 2.85. The van der Waals surface area contributed by atoms with Gasteiger partial charge >= 0.3 is 6.18 Å². The van der Waals surface area contributed by atoms with Crippen molar-refractivity contribution in [3.8, 4) is 0 Å². The molecule has 1 aromatic rings. The van der Waals surface area contributed by atoms with Crippen LogP contribution < -0.4 is 11.1 Å². The molecule has 0 radical (unpaired) electrons. The molecule has 6 rings (SSSR count). The smallest absolute Gasteiger partial charge is 0.369 e. The number of carbonyl (C=O) groups is 2. The van der Waals surface area contributed by atoms with Gasteiger partial charge in [0.2, 0.25) is 21.8 Å². The van der Waals surface area contributed by atoms with Gasteiger partial charge in [0.25, 0.3) is 0 Å². The molecule has 0 heterocycles. The molecule has 2 amide bonds. The van der Waals surface area contributed by atoms with Gasteiger partial charge in [-0.25, -0.2) is 8.42 Å². The minimum Gasteiger partial charge on any atom is -0.369 e. The Morgan fingerprint density at radius 1 is 1.14 bits per heavy atom. The summed E-state index contributed by atoms with van der Waals surface area (Å²) in [4.78, 5) is 25.1. The van der Waals surface area contributed by atoms with Gasteiger partial charge in [-0.2, -0.15) is 17.5 Å². The molecule has 5 fully saturated rings. The van der Waals surface area contributed by atoms with Gasteiger partial charge in [-0.15, -0.1) is 0 Å². The standard InChI is InChI=1S/C23H27ClF3N3O4S/c1-30(35(33,34)17-3-2-15(8-16(17)24)23(25,26)27)22(4-5-22)20(32)29-18-13-6-12-7-14(18)11-21(9-12,10-13)19(28)31/h2-3,8,12-14,18H,4-7,9-11H2,1H3,(H2,28,31)(H,29,32). The Morgan fingerprint density at radius 2 is 1.74 bits per heavy atom. The number of alkyl halides is 3. The van der Waals surface area contributed by atoms with Crippen LogP contribution in [0.4, 0.5) is 13.2 Å². The third-order valence-electron chi connectivity index (χ3n) is 8.74. The fourth-order valence-electron chi connectivity index (χ4n) is 6.91. The zero-order valence-electron chi connectivity index (χ0n) is 19.1. The maximum atomic E-state index is 13.4. The molecule has 12 heteroatoms. The minimum absolute atomic E-state index is 0.111. The molecule has 5 aliphatic carbocycles. The van der Waals surface area contributed by atoms with E-state index in [9.17, 15) is 31.2 Å². The number of primary amides is 1. The first kappa shape index (κ1) is 24.8. The van der Waals surface area contributed by atoms with Crippen molar-refractivity contribution in [2.24, 2.45) is 28.9 Å². The zero-order valence-corrected chi connectivity index (χ0v) is 20.6. The predicted molar refractivity (Wildman–Crippen MR) is 120 cm³/mol. The highest BCUT2D eigenvalue weighted by molar-refractivity contribution is 7.89. The second-order valence-electron chi connectivity index (χ2n) is 10.8. The van der Waals surface area contributed by atoms with Crippen LogP contribution in [0.5, 0.6) is 0 Å². The number of benzene rings is 1. The molecule has 5 aliphatic rings. The summed E-state index contributed by atoms with van der Waals surface area (Å²) in [5, 5.41) is 2.54. The number of hydrogen-bond donors (Lipinski definition) is 2. The fourth-order valence-corrected chi connectivity index (χ4v) is 8.95. The number of sulfonamides is 1. The summed E-state index contributed by atoms with van der Waals surface area (Å²) in [6.07, 6.45) is -0.218. The van der Waals surface area contributed by atoms with Crippen molar-refractivity contribution in [3.63, 3.8) is 0 Å². The van der Waals surface area contributed by atoms with E-state index in [0.717, 1.165) is 29.6 Å². The van der Waals surface area contributed by atoms with Crippen LogP contribution >= 0.6 is 11.6 Å². The number of halogens is 4. The highest BCUT2D eigenvalue weighted by Crippen LogP contribution is 2.60. The molecule has 0 saturated heterocycles. The number of hydrogen-bond acceptors (Lipinski definition) is 4. The van der Waals surface area contributed by atoms with E-state index in [1.807, 2.05) is 0 Å². The average molecular weight is 534 g/mol. The lowest BCUT2D eigenvalue weighted by molar-refractivity contribution is -0.148. The average Bonchev–Trinajstić information content (AvgIpc) is 3.56. The Labute approximate surface area is 206 Å². The molecule has 0 aromatic heterocycles. The first-order valence-electron chi connectivity index (χ1n) is 11.7. The van der Waals surface area contributed by atoms with Gasteiger partial charge in [-0.1, -0.05) is 11.6 Å². The Morgan fingerprint density at radius 3 is 2.23 bits per heavy atom. The van der Waals surface area contributed by atoms with Crippen LogP contribution in [0.1, 0.15) is 50.5 Å². The Hall–Kier alpha value is -1.85. The van der Waals surface area contributed by atoms with Crippen LogP contribution in [0, 0.1) is 23.2 Å². The van der Waals surface area contributed by atoms with E-state index >= 15 is 0 Å². The van der Waals surface area contributed by atoms with E-state index < -0.39 is 48.5 Å². The quantitative estimate of drug-likeness (QED) is 0.584. The van der Waals surface area contributed by atoms with Crippen LogP contribution in [0.3, 0.4) is 0 Å². The fraction of sp³-hybridized carbons (Fsp3) is 0.652. The van der Waals surface area contributed by atoms with E-state index in [1.54, 1.807) is 0 Å². The number of carbonyl (C=O) groups excluding carboxylic acids is 2. The van der Waals surface area contributed by atoms with Gasteiger partial charge in [0.15, 0.2) is 0 Å². The SMILES string of the molecule is CN(C1(C(=O)NC2C3CC4CC2CC(C(N)=O)(C4)C3)CC1)S(=O)(=O)c1ccc(C(F)(F)F)cc1Cl. The largest absolute Gasteiger partial charge is 0.416 e. The molecule has 5 saturated carbocycles. The molecule has 2 atom stereocenters. The number of rotatable bonds is 6. The van der Waals surface area contributed by atoms with Crippen molar-refractivity contribution in [3.05, 3.63) is 28.8 Å². The van der Waals surface area contributed by atoms with Gasteiger partial charge in [0, 0.05) is 18.5 Å². The van der Waals surface area contributed by atoms with Crippen molar-refractivity contribution >= 4 is 33.4 Å². The summed E-state index contributed by atoms with van der Waals surface area (Å²) in [7, 11) is -3.08. The second kappa shape index (κ2) is 7.82. The van der Waals surface area contributed by atoms with Crippen molar-refractivity contribution in [2.75, 3.05) is 7.05 Å². The summed E-state index contributed by atoms with van der Waals surface area (Å²) in [6, 6.07) is 1.90. The number of nitrogens with one attached hydrogen (secondary N) is 1. The van der Waals surface area contributed by atoms with Gasteiger partial charge in [0.1, 0.15) is 10.4 Å². The number of likely N-dealkylation sites (N-methyl/N-ethyl adjacent to an activating group) is 1. The van der Waals surface area contributed by atoms with E-state index in [0.29, 0.717) is 43.7 Å². The number of nitrogens with zero attached hydrogens (tertiary/aromatic N) is 1. The van der Waals surface area contributed by atoms with Gasteiger partial charge < -0.3 is 11.1 Å². The second-order valence-corrected chi connectivity index (χ2v) is 13.1. The van der Waals surface area contributed by atoms with E-state index in [4.69, 9.17) is 17.3 Å². The maximum Gasteiger partial charge on any atom is 0.416 e. The molecular weight excluding hydrogens is 507 g/mol. The lowest BCUT2D eigenvalue weighted by Gasteiger charge is -2.59. The number of amides is 2. The summed E-state index contributed by atoms with van der Waals surface area (Å²) in [5.74, 6) is -0.0655. The van der Waals surface area contributed by atoms with Gasteiger partial charge in [-0.05, 0) is 80.9 Å². The summed E-state index contributed by atoms with van der Waals surface area (Å²) in [6.45, 7) is 0. The van der Waals surface area contributed by atoms with Crippen molar-refractivity contribution in [1.29, 1.82) is 0 Å². The monoisotopic (exact) mass is 533 g/mol. The van der Waals surface area contributed by atoms with Crippen LogP contribution in [0.25, 0.3) is 0 Å². The molecule has 192 valence electrons. The first-order valence-corrected chi connectivity index (χ1v) is 13.5. The van der Waals surface area contributed by atoms with Crippen molar-refractivity contribution < 1.29 is 31.2 Å². The topological polar surface area (TPSA) is 110 Å². The molecule has 0 spiro atoms. The third-order valence-corrected chi connectivity index (χ3v) is 11.1. The van der Waals surface area contributed by atoms with Crippen molar-refractivity contribution in [2.45, 2.75) is 67.6 Å². The predicted octanol–water partition coefficient (Wildman–Crippen LogP) is 3.31. The Bertz CT molecular complexity index is 1180. The minimum atomic E-state index is -4.67. The molecule has 4 bridgehead atoms. The van der Waals surface area contributed by atoms with Crippen LogP contribution in [0.15, 0.2) is 23.1 Å². The van der Waals surface area contributed by atoms with Crippen LogP contribution in [-0.2, 0) is 25.8 Å². The maximum absolute atomic E-state index is 13.4. The lowest BCUT2D eigenvalue weighted by Crippen LogP contribution is -2.64. The van der Waals surface area contributed by atoms with Crippen molar-refractivity contribution in [1.82, 2.24) is 9.62 Å². The zero-order chi connectivity index (χ0) is 25.6. The molecule has 35 heavy (non-hydrogen) atoms. The first-order chi connectivity index (χ1) is 16.2. The Kier molecular flexibility index (Phi) is 5.55. The lowest BCUT2D eigenvalue weighted by atomic mass is 9.47. The highest BCUT2D eigenvalue weighted by atomic mass is 35.5. The normalized spacial score (nSPS) is 33.1. The molecule has 7 nitrogen and oxygen atoms in total. The highest BCUT2D eigenvalue weighted by Gasteiger charge is 2.61. The molecule has 0 aliphatic heterocycles. The molecule has 2 unspecified atom stereocenters. The third kappa shape index (κ3) is 3.85. The van der Waals surface area contributed by atoms with E-state index in [-0.39, 0.29) is 23.8 Å². The Balaban J connectivity index is 1.35. The summed E-state index contributed by atoms with van der Waals surface area (Å²) < 4.78 is 66.4. The van der Waals surface area contributed by atoms with E-state index in [1.165, 1.54) is 7.05 Å². The molecule has 3 N–H and O–H groups in total. The van der Waals surface area contributed by atoms with Crippen LogP contribution in [-0.4, -0.2) is 43.2 Å². The van der Waals surface area contributed by atoms with E-state index in [2.05, 4.69) is 5.32 Å². The van der Waals surface area contributed by atoms with Crippen LogP contribution in [0.2, 0.25) is 5.02 Å². The van der Waals surface area contributed by atoms with Gasteiger partial charge in [-0.3, -0.25) is 9.59 Å². The molecular formula is C23H27ClF3N3O4S. The van der Waals surface area contributed by atoms with Gasteiger partial charge in [0.05, 0.1) is 10.6 Å². The number of nitrogens with two attached hydrogens (primary N) is 1. The summed E-state index contributed by atoms with van der Waals surface area (Å²) >= 11 is 5.95.